The molecule has 22 heavy (non-hydrogen) atoms. The van der Waals surface area contributed by atoms with Crippen molar-refractivity contribution < 1.29 is 8.42 Å². The van der Waals surface area contributed by atoms with Crippen molar-refractivity contribution in [3.63, 3.8) is 0 Å². The van der Waals surface area contributed by atoms with Crippen molar-refractivity contribution in [1.82, 2.24) is 4.72 Å². The van der Waals surface area contributed by atoms with E-state index in [9.17, 15) is 8.42 Å². The fraction of sp³-hybridized carbons (Fsp3) is 0.250. The van der Waals surface area contributed by atoms with Gasteiger partial charge in [-0.15, -0.1) is 0 Å². The Morgan fingerprint density at radius 3 is 2.55 bits per heavy atom. The fourth-order valence-corrected chi connectivity index (χ4v) is 4.42. The van der Waals surface area contributed by atoms with E-state index in [-0.39, 0.29) is 10.9 Å². The summed E-state index contributed by atoms with van der Waals surface area (Å²) in [6, 6.07) is 12.6. The van der Waals surface area contributed by atoms with E-state index in [0.29, 0.717) is 0 Å². The molecule has 2 aromatic carbocycles. The number of fused-ring (bicyclic) bond motifs is 1. The van der Waals surface area contributed by atoms with Gasteiger partial charge >= 0.3 is 0 Å². The van der Waals surface area contributed by atoms with Gasteiger partial charge in [0.05, 0.1) is 4.90 Å². The molecule has 0 radical (unpaired) electrons. The maximum atomic E-state index is 12.5. The molecule has 0 fully saturated rings. The molecule has 6 heteroatoms. The molecular weight excluding hydrogens is 364 g/mol. The normalized spacial score (nSPS) is 17.3. The Bertz CT molecular complexity index is 788. The largest absolute Gasteiger partial charge is 0.388 e. The molecule has 0 aromatic heterocycles. The van der Waals surface area contributed by atoms with Gasteiger partial charge in [0.15, 0.2) is 0 Å². The quantitative estimate of drug-likeness (QED) is 0.853. The number of rotatable bonds is 4. The monoisotopic (exact) mass is 380 g/mol. The first-order chi connectivity index (χ1) is 10.5. The minimum atomic E-state index is -3.51. The molecule has 1 atom stereocenters. The van der Waals surface area contributed by atoms with Crippen molar-refractivity contribution in [3.05, 3.63) is 58.1 Å². The summed E-state index contributed by atoms with van der Waals surface area (Å²) in [7, 11) is -1.71. The Balaban J connectivity index is 1.84. The average molecular weight is 381 g/mol. The van der Waals surface area contributed by atoms with Gasteiger partial charge in [-0.1, -0.05) is 22.0 Å². The SMILES string of the molecule is CNc1ccc(S(=O)(=O)NC2CCc3cc(Br)ccc32)cc1. The lowest BCUT2D eigenvalue weighted by Gasteiger charge is -2.15. The molecule has 0 saturated heterocycles. The van der Waals surface area contributed by atoms with E-state index >= 15 is 0 Å². The lowest BCUT2D eigenvalue weighted by Crippen LogP contribution is -2.27. The van der Waals surface area contributed by atoms with Crippen LogP contribution < -0.4 is 10.0 Å². The van der Waals surface area contributed by atoms with Crippen LogP contribution in [0, 0.1) is 0 Å². The maximum absolute atomic E-state index is 12.5. The molecule has 116 valence electrons. The van der Waals surface area contributed by atoms with Crippen LogP contribution in [0.2, 0.25) is 0 Å². The standard InChI is InChI=1S/C16H17BrN2O2S/c1-18-13-4-6-14(7-5-13)22(20,21)19-16-9-2-11-10-12(17)3-8-15(11)16/h3-8,10,16,18-19H,2,9H2,1H3. The van der Waals surface area contributed by atoms with E-state index in [4.69, 9.17) is 0 Å². The van der Waals surface area contributed by atoms with Crippen LogP contribution >= 0.6 is 15.9 Å². The predicted molar refractivity (Wildman–Crippen MR) is 91.5 cm³/mol. The molecule has 1 aliphatic carbocycles. The number of hydrogen-bond acceptors (Lipinski definition) is 3. The predicted octanol–water partition coefficient (Wildman–Crippen LogP) is 3.46. The lowest BCUT2D eigenvalue weighted by molar-refractivity contribution is 0.554. The van der Waals surface area contributed by atoms with Crippen LogP contribution in [0.5, 0.6) is 0 Å². The summed E-state index contributed by atoms with van der Waals surface area (Å²) in [4.78, 5) is 0.289. The van der Waals surface area contributed by atoms with Gasteiger partial charge in [-0.3, -0.25) is 0 Å². The van der Waals surface area contributed by atoms with Crippen LogP contribution in [-0.2, 0) is 16.4 Å². The summed E-state index contributed by atoms with van der Waals surface area (Å²) < 4.78 is 28.9. The first-order valence-corrected chi connectivity index (χ1v) is 9.36. The van der Waals surface area contributed by atoms with Gasteiger partial charge in [-0.2, -0.15) is 0 Å². The zero-order valence-corrected chi connectivity index (χ0v) is 14.5. The van der Waals surface area contributed by atoms with Gasteiger partial charge < -0.3 is 5.32 Å². The van der Waals surface area contributed by atoms with Gasteiger partial charge in [-0.25, -0.2) is 13.1 Å². The second-order valence-electron chi connectivity index (χ2n) is 5.33. The summed E-state index contributed by atoms with van der Waals surface area (Å²) in [5.74, 6) is 0. The van der Waals surface area contributed by atoms with E-state index in [1.54, 1.807) is 31.3 Å². The van der Waals surface area contributed by atoms with Crippen LogP contribution in [0.4, 0.5) is 5.69 Å². The summed E-state index contributed by atoms with van der Waals surface area (Å²) in [5, 5.41) is 2.98. The highest BCUT2D eigenvalue weighted by Gasteiger charge is 2.27. The molecular formula is C16H17BrN2O2S. The van der Waals surface area contributed by atoms with Crippen LogP contribution in [0.1, 0.15) is 23.6 Å². The van der Waals surface area contributed by atoms with Crippen LogP contribution in [-0.4, -0.2) is 15.5 Å². The number of aryl methyl sites for hydroxylation is 1. The minimum absolute atomic E-state index is 0.155. The zero-order valence-electron chi connectivity index (χ0n) is 12.1. The number of hydrogen-bond donors (Lipinski definition) is 2. The molecule has 1 aliphatic rings. The highest BCUT2D eigenvalue weighted by Crippen LogP contribution is 2.34. The smallest absolute Gasteiger partial charge is 0.241 e. The van der Waals surface area contributed by atoms with Gasteiger partial charge in [0, 0.05) is 23.2 Å². The molecule has 1 unspecified atom stereocenters. The number of nitrogens with one attached hydrogen (secondary N) is 2. The highest BCUT2D eigenvalue weighted by atomic mass is 79.9. The Kier molecular flexibility index (Phi) is 4.25. The number of anilines is 1. The van der Waals surface area contributed by atoms with Crippen molar-refractivity contribution in [2.24, 2.45) is 0 Å². The second-order valence-corrected chi connectivity index (χ2v) is 7.96. The first-order valence-electron chi connectivity index (χ1n) is 7.08. The van der Waals surface area contributed by atoms with Gasteiger partial charge in [0.1, 0.15) is 0 Å². The number of halogens is 1. The van der Waals surface area contributed by atoms with E-state index in [1.807, 2.05) is 12.1 Å². The van der Waals surface area contributed by atoms with Crippen molar-refractivity contribution in [3.8, 4) is 0 Å². The van der Waals surface area contributed by atoms with E-state index in [1.165, 1.54) is 5.56 Å². The minimum Gasteiger partial charge on any atom is -0.388 e. The lowest BCUT2D eigenvalue weighted by atomic mass is 10.1. The van der Waals surface area contributed by atoms with E-state index < -0.39 is 10.0 Å². The Hall–Kier alpha value is -1.37. The van der Waals surface area contributed by atoms with Crippen LogP contribution in [0.25, 0.3) is 0 Å². The topological polar surface area (TPSA) is 58.2 Å². The van der Waals surface area contributed by atoms with Crippen molar-refractivity contribution in [1.29, 1.82) is 0 Å². The van der Waals surface area contributed by atoms with Crippen molar-refractivity contribution in [2.45, 2.75) is 23.8 Å². The summed E-state index contributed by atoms with van der Waals surface area (Å²) in [6.07, 6.45) is 1.68. The summed E-state index contributed by atoms with van der Waals surface area (Å²) in [5.41, 5.74) is 3.15. The fourth-order valence-electron chi connectivity index (χ4n) is 2.76. The number of benzene rings is 2. The third-order valence-corrected chi connectivity index (χ3v) is 5.91. The summed E-state index contributed by atoms with van der Waals surface area (Å²) >= 11 is 3.45. The molecule has 0 heterocycles. The number of sulfonamides is 1. The molecule has 0 spiro atoms. The van der Waals surface area contributed by atoms with Crippen molar-refractivity contribution in [2.75, 3.05) is 12.4 Å². The van der Waals surface area contributed by atoms with Gasteiger partial charge in [-0.05, 0) is 60.4 Å². The molecule has 2 N–H and O–H groups in total. The highest BCUT2D eigenvalue weighted by molar-refractivity contribution is 9.10. The molecule has 0 aliphatic heterocycles. The molecule has 4 nitrogen and oxygen atoms in total. The summed E-state index contributed by atoms with van der Waals surface area (Å²) in [6.45, 7) is 0. The Morgan fingerprint density at radius 2 is 1.86 bits per heavy atom. The first kappa shape index (κ1) is 15.5. The average Bonchev–Trinajstić information content (AvgIpc) is 2.89. The van der Waals surface area contributed by atoms with Gasteiger partial charge in [0.2, 0.25) is 10.0 Å². The molecule has 0 saturated carbocycles. The molecule has 3 rings (SSSR count). The Labute approximate surface area is 139 Å². The molecule has 0 amide bonds. The van der Waals surface area contributed by atoms with Crippen molar-refractivity contribution >= 4 is 31.6 Å². The third kappa shape index (κ3) is 3.04. The van der Waals surface area contributed by atoms with Crippen LogP contribution in [0.3, 0.4) is 0 Å². The van der Waals surface area contributed by atoms with E-state index in [0.717, 1.165) is 28.6 Å². The molecule has 0 bridgehead atoms. The zero-order chi connectivity index (χ0) is 15.7. The van der Waals surface area contributed by atoms with E-state index in [2.05, 4.69) is 32.0 Å². The van der Waals surface area contributed by atoms with Gasteiger partial charge in [0.25, 0.3) is 0 Å². The third-order valence-electron chi connectivity index (χ3n) is 3.93. The maximum Gasteiger partial charge on any atom is 0.241 e. The molecule has 2 aromatic rings. The Morgan fingerprint density at radius 1 is 1.14 bits per heavy atom. The van der Waals surface area contributed by atoms with Crippen LogP contribution in [0.15, 0.2) is 51.8 Å². The second kappa shape index (κ2) is 6.02.